The predicted octanol–water partition coefficient (Wildman–Crippen LogP) is 1.08. The summed E-state index contributed by atoms with van der Waals surface area (Å²) in [7, 11) is 0. The Bertz CT molecular complexity index is 613. The maximum absolute atomic E-state index is 12.9. The molecule has 0 saturated heterocycles. The summed E-state index contributed by atoms with van der Waals surface area (Å²) in [6.45, 7) is 2.17. The summed E-state index contributed by atoms with van der Waals surface area (Å²) in [4.78, 5) is 37.2. The molecule has 0 spiro atoms. The van der Waals surface area contributed by atoms with Crippen molar-refractivity contribution < 1.29 is 18.8 Å². The number of nitrogens with one attached hydrogen (secondary N) is 2. The number of amides is 4. The van der Waals surface area contributed by atoms with Gasteiger partial charge in [0, 0.05) is 13.1 Å². The van der Waals surface area contributed by atoms with Gasteiger partial charge in [-0.3, -0.25) is 9.59 Å². The molecule has 0 heterocycles. The van der Waals surface area contributed by atoms with E-state index in [4.69, 9.17) is 5.73 Å². The van der Waals surface area contributed by atoms with Crippen molar-refractivity contribution in [3.05, 3.63) is 35.6 Å². The van der Waals surface area contributed by atoms with Crippen LogP contribution in [0.1, 0.15) is 18.9 Å². The minimum atomic E-state index is -0.777. The van der Waals surface area contributed by atoms with Gasteiger partial charge < -0.3 is 21.3 Å². The molecule has 7 nitrogen and oxygen atoms in total. The van der Waals surface area contributed by atoms with Crippen LogP contribution in [-0.2, 0) is 16.1 Å². The Labute approximate surface area is 156 Å². The lowest BCUT2D eigenvalue weighted by atomic mass is 10.2. The third-order valence-electron chi connectivity index (χ3n) is 3.66. The molecular weight excluding hydrogens is 359 g/mol. The van der Waals surface area contributed by atoms with E-state index in [9.17, 15) is 18.8 Å². The highest BCUT2D eigenvalue weighted by atomic mass is 32.2. The van der Waals surface area contributed by atoms with E-state index < -0.39 is 12.1 Å². The minimum Gasteiger partial charge on any atom is -0.352 e. The van der Waals surface area contributed by atoms with Crippen molar-refractivity contribution in [2.45, 2.75) is 25.9 Å². The fourth-order valence-corrected chi connectivity index (χ4v) is 2.73. The normalized spacial score (nSPS) is 11.5. The van der Waals surface area contributed by atoms with E-state index in [-0.39, 0.29) is 30.7 Å². The molecule has 9 heteroatoms. The zero-order valence-corrected chi connectivity index (χ0v) is 15.8. The summed E-state index contributed by atoms with van der Waals surface area (Å²) in [5, 5.41) is 5.12. The Morgan fingerprint density at radius 2 is 1.92 bits per heavy atom. The standard InChI is InChI=1S/C17H25FN4O3S/c1-3-22(16(24)14(8-9-26-2)21-17(19)25)11-15(23)20-10-12-4-6-13(18)7-5-12/h4-7,14H,3,8-11H2,1-2H3,(H,20,23)(H3,19,21,25)/t14-/m0/s1. The summed E-state index contributed by atoms with van der Waals surface area (Å²) in [6, 6.07) is 4.25. The number of primary amides is 1. The molecule has 0 aliphatic rings. The third kappa shape index (κ3) is 7.73. The molecule has 4 N–H and O–H groups in total. The molecular formula is C17H25FN4O3S. The van der Waals surface area contributed by atoms with Gasteiger partial charge in [-0.25, -0.2) is 9.18 Å². The summed E-state index contributed by atoms with van der Waals surface area (Å²) in [5.74, 6) is -0.365. The van der Waals surface area contributed by atoms with Gasteiger partial charge in [0.1, 0.15) is 11.9 Å². The molecule has 0 aliphatic heterocycles. The van der Waals surface area contributed by atoms with Crippen LogP contribution in [0, 0.1) is 5.82 Å². The average molecular weight is 384 g/mol. The molecule has 4 amide bonds. The zero-order valence-electron chi connectivity index (χ0n) is 15.0. The van der Waals surface area contributed by atoms with Crippen molar-refractivity contribution >= 4 is 29.6 Å². The van der Waals surface area contributed by atoms with Gasteiger partial charge in [0.05, 0.1) is 6.54 Å². The topological polar surface area (TPSA) is 105 Å². The second kappa shape index (κ2) is 11.3. The molecule has 0 aliphatic carbocycles. The molecule has 0 unspecified atom stereocenters. The molecule has 1 atom stereocenters. The molecule has 0 radical (unpaired) electrons. The van der Waals surface area contributed by atoms with Crippen LogP contribution in [0.5, 0.6) is 0 Å². The Balaban J connectivity index is 2.61. The van der Waals surface area contributed by atoms with Crippen LogP contribution < -0.4 is 16.4 Å². The average Bonchev–Trinajstić information content (AvgIpc) is 2.61. The summed E-state index contributed by atoms with van der Waals surface area (Å²) < 4.78 is 12.9. The molecule has 1 aromatic rings. The molecule has 0 saturated carbocycles. The van der Waals surface area contributed by atoms with E-state index in [0.717, 1.165) is 5.56 Å². The highest BCUT2D eigenvalue weighted by Crippen LogP contribution is 2.06. The van der Waals surface area contributed by atoms with Crippen molar-refractivity contribution in [3.63, 3.8) is 0 Å². The Morgan fingerprint density at radius 3 is 2.46 bits per heavy atom. The number of likely N-dealkylation sites (N-methyl/N-ethyl adjacent to an activating group) is 1. The number of thioether (sulfide) groups is 1. The largest absolute Gasteiger partial charge is 0.352 e. The lowest BCUT2D eigenvalue weighted by Gasteiger charge is -2.26. The highest BCUT2D eigenvalue weighted by molar-refractivity contribution is 7.98. The zero-order chi connectivity index (χ0) is 19.5. The molecule has 1 rings (SSSR count). The van der Waals surface area contributed by atoms with Gasteiger partial charge >= 0.3 is 6.03 Å². The number of carbonyl (C=O) groups is 3. The molecule has 144 valence electrons. The number of hydrogen-bond acceptors (Lipinski definition) is 4. The van der Waals surface area contributed by atoms with Crippen LogP contribution >= 0.6 is 11.8 Å². The lowest BCUT2D eigenvalue weighted by molar-refractivity contribution is -0.137. The van der Waals surface area contributed by atoms with Crippen LogP contribution in [0.15, 0.2) is 24.3 Å². The fourth-order valence-electron chi connectivity index (χ4n) is 2.26. The van der Waals surface area contributed by atoms with Gasteiger partial charge in [-0.1, -0.05) is 12.1 Å². The molecule has 0 fully saturated rings. The molecule has 26 heavy (non-hydrogen) atoms. The number of nitrogens with two attached hydrogens (primary N) is 1. The number of benzene rings is 1. The first-order valence-corrected chi connectivity index (χ1v) is 9.61. The molecule has 0 bridgehead atoms. The van der Waals surface area contributed by atoms with Crippen LogP contribution in [0.25, 0.3) is 0 Å². The summed E-state index contributed by atoms with van der Waals surface area (Å²) in [5.41, 5.74) is 5.89. The Hall–Kier alpha value is -2.29. The van der Waals surface area contributed by atoms with Crippen molar-refractivity contribution in [2.75, 3.05) is 25.1 Å². The Morgan fingerprint density at radius 1 is 1.27 bits per heavy atom. The van der Waals surface area contributed by atoms with Crippen molar-refractivity contribution in [2.24, 2.45) is 5.73 Å². The predicted molar refractivity (Wildman–Crippen MR) is 100 cm³/mol. The van der Waals surface area contributed by atoms with E-state index in [0.29, 0.717) is 18.7 Å². The van der Waals surface area contributed by atoms with E-state index >= 15 is 0 Å². The third-order valence-corrected chi connectivity index (χ3v) is 4.30. The van der Waals surface area contributed by atoms with Gasteiger partial charge in [0.25, 0.3) is 0 Å². The van der Waals surface area contributed by atoms with Crippen molar-refractivity contribution in [1.82, 2.24) is 15.5 Å². The second-order valence-electron chi connectivity index (χ2n) is 5.60. The van der Waals surface area contributed by atoms with Crippen LogP contribution in [-0.4, -0.2) is 53.9 Å². The SMILES string of the molecule is CCN(CC(=O)NCc1ccc(F)cc1)C(=O)[C@H](CCSC)NC(N)=O. The van der Waals surface area contributed by atoms with E-state index in [1.807, 2.05) is 6.26 Å². The number of hydrogen-bond donors (Lipinski definition) is 3. The van der Waals surface area contributed by atoms with Gasteiger partial charge in [0.15, 0.2) is 0 Å². The van der Waals surface area contributed by atoms with E-state index in [2.05, 4.69) is 10.6 Å². The van der Waals surface area contributed by atoms with Crippen molar-refractivity contribution in [1.29, 1.82) is 0 Å². The van der Waals surface area contributed by atoms with E-state index in [1.165, 1.54) is 17.0 Å². The Kier molecular flexibility index (Phi) is 9.50. The van der Waals surface area contributed by atoms with Gasteiger partial charge in [0.2, 0.25) is 11.8 Å². The number of urea groups is 1. The van der Waals surface area contributed by atoms with Crippen LogP contribution in [0.2, 0.25) is 0 Å². The van der Waals surface area contributed by atoms with Crippen LogP contribution in [0.3, 0.4) is 0 Å². The quantitative estimate of drug-likeness (QED) is 0.561. The van der Waals surface area contributed by atoms with Crippen LogP contribution in [0.4, 0.5) is 9.18 Å². The number of halogens is 1. The van der Waals surface area contributed by atoms with Crippen molar-refractivity contribution in [3.8, 4) is 0 Å². The smallest absolute Gasteiger partial charge is 0.312 e. The maximum Gasteiger partial charge on any atom is 0.312 e. The monoisotopic (exact) mass is 384 g/mol. The number of rotatable bonds is 10. The second-order valence-corrected chi connectivity index (χ2v) is 6.58. The first-order valence-electron chi connectivity index (χ1n) is 8.22. The lowest BCUT2D eigenvalue weighted by Crippen LogP contribution is -2.52. The van der Waals surface area contributed by atoms with Gasteiger partial charge in [-0.05, 0) is 43.0 Å². The highest BCUT2D eigenvalue weighted by Gasteiger charge is 2.25. The summed E-state index contributed by atoms with van der Waals surface area (Å²) >= 11 is 1.55. The molecule has 1 aromatic carbocycles. The fraction of sp³-hybridized carbons (Fsp3) is 0.471. The molecule has 0 aromatic heterocycles. The first-order chi connectivity index (χ1) is 12.4. The summed E-state index contributed by atoms with van der Waals surface area (Å²) in [6.07, 6.45) is 2.32. The first kappa shape index (κ1) is 21.8. The van der Waals surface area contributed by atoms with Gasteiger partial charge in [-0.2, -0.15) is 11.8 Å². The maximum atomic E-state index is 12.9. The number of nitrogens with zero attached hydrogens (tertiary/aromatic N) is 1. The minimum absolute atomic E-state index is 0.132. The van der Waals surface area contributed by atoms with Gasteiger partial charge in [-0.15, -0.1) is 0 Å². The number of carbonyl (C=O) groups excluding carboxylic acids is 3. The van der Waals surface area contributed by atoms with E-state index in [1.54, 1.807) is 30.8 Å².